The average molecular weight is 492 g/mol. The summed E-state index contributed by atoms with van der Waals surface area (Å²) in [4.78, 5) is 44.5. The second-order valence-electron chi connectivity index (χ2n) is 7.90. The molecule has 3 aromatic carbocycles. The number of para-hydroxylation sites is 1. The number of carboxylic acid groups (broad SMARTS) is 1. The molecule has 0 aliphatic carbocycles. The van der Waals surface area contributed by atoms with Gasteiger partial charge in [0.25, 0.3) is 5.91 Å². The van der Waals surface area contributed by atoms with Gasteiger partial charge in [0.1, 0.15) is 6.04 Å². The van der Waals surface area contributed by atoms with Crippen LogP contribution < -0.4 is 16.0 Å². The van der Waals surface area contributed by atoms with E-state index < -0.39 is 23.9 Å². The molecule has 1 aromatic heterocycles. The first-order valence-electron chi connectivity index (χ1n) is 10.7. The average Bonchev–Trinajstić information content (AvgIpc) is 3.34. The van der Waals surface area contributed by atoms with Gasteiger partial charge < -0.3 is 26.0 Å². The largest absolute Gasteiger partial charge is 0.480 e. The molecular weight excluding hydrogens is 470 g/mol. The van der Waals surface area contributed by atoms with Crippen LogP contribution in [0.3, 0.4) is 0 Å². The Morgan fingerprint density at radius 2 is 1.80 bits per heavy atom. The summed E-state index contributed by atoms with van der Waals surface area (Å²) in [5, 5.41) is 19.5. The second kappa shape index (κ2) is 10.3. The number of fused-ring (bicyclic) bond motifs is 1. The lowest BCUT2D eigenvalue weighted by molar-refractivity contribution is -0.139. The molecule has 3 amide bonds. The van der Waals surface area contributed by atoms with Gasteiger partial charge in [0.2, 0.25) is 0 Å². The van der Waals surface area contributed by atoms with Gasteiger partial charge in [-0.1, -0.05) is 48.0 Å². The Bertz CT molecular complexity index is 1380. The first kappa shape index (κ1) is 23.8. The molecular formula is C25H22ClN5O4. The zero-order valence-corrected chi connectivity index (χ0v) is 19.4. The van der Waals surface area contributed by atoms with Crippen molar-refractivity contribution in [3.8, 4) is 0 Å². The lowest BCUT2D eigenvalue weighted by atomic mass is 10.0. The van der Waals surface area contributed by atoms with Crippen LogP contribution in [-0.4, -0.2) is 39.0 Å². The van der Waals surface area contributed by atoms with E-state index in [-0.39, 0.29) is 17.7 Å². The van der Waals surface area contributed by atoms with Crippen LogP contribution >= 0.6 is 11.6 Å². The van der Waals surface area contributed by atoms with Gasteiger partial charge in [0.05, 0.1) is 28.3 Å². The van der Waals surface area contributed by atoms with Crippen molar-refractivity contribution >= 4 is 51.7 Å². The smallest absolute Gasteiger partial charge is 0.326 e. The Morgan fingerprint density at radius 1 is 1.06 bits per heavy atom. The van der Waals surface area contributed by atoms with Crippen molar-refractivity contribution in [1.82, 2.24) is 15.3 Å². The summed E-state index contributed by atoms with van der Waals surface area (Å²) in [6.45, 7) is 1.81. The zero-order chi connectivity index (χ0) is 24.9. The van der Waals surface area contributed by atoms with Crippen LogP contribution in [0.25, 0.3) is 10.8 Å². The molecule has 0 spiro atoms. The molecule has 0 fully saturated rings. The summed E-state index contributed by atoms with van der Waals surface area (Å²) >= 11 is 6.21. The van der Waals surface area contributed by atoms with Crippen LogP contribution in [0.4, 0.5) is 16.2 Å². The Labute approximate surface area is 205 Å². The molecule has 0 aliphatic rings. The quantitative estimate of drug-likeness (QED) is 0.257. The minimum atomic E-state index is -1.21. The number of nitrogens with one attached hydrogen (secondary N) is 4. The normalized spacial score (nSPS) is 11.6. The van der Waals surface area contributed by atoms with Crippen molar-refractivity contribution in [2.24, 2.45) is 0 Å². The van der Waals surface area contributed by atoms with E-state index >= 15 is 0 Å². The van der Waals surface area contributed by atoms with Gasteiger partial charge in [0.15, 0.2) is 0 Å². The molecule has 0 radical (unpaired) electrons. The minimum absolute atomic E-state index is 0.0175. The van der Waals surface area contributed by atoms with Gasteiger partial charge >= 0.3 is 12.0 Å². The predicted molar refractivity (Wildman–Crippen MR) is 134 cm³/mol. The summed E-state index contributed by atoms with van der Waals surface area (Å²) in [5.74, 6) is -1.85. The van der Waals surface area contributed by atoms with Crippen molar-refractivity contribution < 1.29 is 19.5 Å². The number of hydrogen-bond donors (Lipinski definition) is 5. The van der Waals surface area contributed by atoms with Gasteiger partial charge in [-0.25, -0.2) is 14.6 Å². The van der Waals surface area contributed by atoms with Gasteiger partial charge in [-0.3, -0.25) is 4.79 Å². The molecule has 178 valence electrons. The number of benzene rings is 3. The number of carboxylic acids is 1. The van der Waals surface area contributed by atoms with Crippen molar-refractivity contribution in [3.05, 3.63) is 89.0 Å². The maximum Gasteiger partial charge on any atom is 0.326 e. The first-order valence-corrected chi connectivity index (χ1v) is 11.1. The number of carbonyl (C=O) groups is 3. The van der Waals surface area contributed by atoms with E-state index in [2.05, 4.69) is 25.9 Å². The standard InChI is InChI=1S/C25H22ClN5O4/c1-14-5-4-8-19(26)22(14)31-25(35)30-20-10-16-7-3-2-6-15(16)9-18(20)23(32)29-21(24(33)34)11-17-12-27-13-28-17/h2-10,12-13,21H,11H2,1H3,(H,27,28)(H,29,32)(H,33,34)(H2,30,31,35)/t21-/m0/s1. The highest BCUT2D eigenvalue weighted by Gasteiger charge is 2.24. The molecule has 4 rings (SSSR count). The Morgan fingerprint density at radius 3 is 2.46 bits per heavy atom. The first-order chi connectivity index (χ1) is 16.8. The van der Waals surface area contributed by atoms with Gasteiger partial charge in [0, 0.05) is 18.3 Å². The third-order valence-corrected chi connectivity index (χ3v) is 5.74. The molecule has 0 saturated carbocycles. The number of anilines is 2. The van der Waals surface area contributed by atoms with Crippen LogP contribution in [0.2, 0.25) is 5.02 Å². The second-order valence-corrected chi connectivity index (χ2v) is 8.31. The molecule has 35 heavy (non-hydrogen) atoms. The third-order valence-electron chi connectivity index (χ3n) is 5.42. The van der Waals surface area contributed by atoms with Crippen molar-refractivity contribution in [1.29, 1.82) is 0 Å². The maximum absolute atomic E-state index is 13.2. The molecule has 5 N–H and O–H groups in total. The molecule has 1 heterocycles. The Hall–Kier alpha value is -4.37. The predicted octanol–water partition coefficient (Wildman–Crippen LogP) is 4.59. The number of hydrogen-bond acceptors (Lipinski definition) is 4. The van der Waals surface area contributed by atoms with Gasteiger partial charge in [-0.2, -0.15) is 0 Å². The van der Waals surface area contributed by atoms with Crippen LogP contribution in [0.5, 0.6) is 0 Å². The summed E-state index contributed by atoms with van der Waals surface area (Å²) < 4.78 is 0. The number of amides is 3. The van der Waals surface area contributed by atoms with E-state index in [1.54, 1.807) is 24.3 Å². The lowest BCUT2D eigenvalue weighted by Gasteiger charge is -2.17. The molecule has 4 aromatic rings. The number of aliphatic carboxylic acids is 1. The molecule has 0 unspecified atom stereocenters. The fourth-order valence-electron chi connectivity index (χ4n) is 3.64. The molecule has 9 nitrogen and oxygen atoms in total. The van der Waals surface area contributed by atoms with E-state index in [0.29, 0.717) is 16.4 Å². The number of H-pyrrole nitrogens is 1. The fourth-order valence-corrected chi connectivity index (χ4v) is 3.91. The summed E-state index contributed by atoms with van der Waals surface area (Å²) in [6.07, 6.45) is 2.94. The van der Waals surface area contributed by atoms with Crippen molar-refractivity contribution in [2.45, 2.75) is 19.4 Å². The highest BCUT2D eigenvalue weighted by Crippen LogP contribution is 2.27. The topological polar surface area (TPSA) is 136 Å². The third kappa shape index (κ3) is 5.59. The van der Waals surface area contributed by atoms with E-state index in [9.17, 15) is 19.5 Å². The molecule has 10 heteroatoms. The van der Waals surface area contributed by atoms with Crippen LogP contribution in [0, 0.1) is 6.92 Å². The number of carbonyl (C=O) groups excluding carboxylic acids is 2. The van der Waals surface area contributed by atoms with E-state index in [1.807, 2.05) is 37.3 Å². The molecule has 0 saturated heterocycles. The number of imidazole rings is 1. The number of nitrogens with zero attached hydrogens (tertiary/aromatic N) is 1. The number of aromatic nitrogens is 2. The highest BCUT2D eigenvalue weighted by atomic mass is 35.5. The van der Waals surface area contributed by atoms with E-state index in [0.717, 1.165) is 16.3 Å². The lowest BCUT2D eigenvalue weighted by Crippen LogP contribution is -2.42. The minimum Gasteiger partial charge on any atom is -0.480 e. The number of aryl methyl sites for hydroxylation is 1. The van der Waals surface area contributed by atoms with Gasteiger partial charge in [-0.15, -0.1) is 0 Å². The van der Waals surface area contributed by atoms with Crippen LogP contribution in [-0.2, 0) is 11.2 Å². The SMILES string of the molecule is Cc1cccc(Cl)c1NC(=O)Nc1cc2ccccc2cc1C(=O)N[C@@H](Cc1cnc[nH]1)C(=O)O. The fraction of sp³-hybridized carbons (Fsp3) is 0.120. The number of rotatable bonds is 7. The molecule has 1 atom stereocenters. The van der Waals surface area contributed by atoms with Gasteiger partial charge in [-0.05, 0) is 41.5 Å². The Kier molecular flexibility index (Phi) is 6.98. The van der Waals surface area contributed by atoms with Crippen molar-refractivity contribution in [2.75, 3.05) is 10.6 Å². The van der Waals surface area contributed by atoms with E-state index in [4.69, 9.17) is 11.6 Å². The van der Waals surface area contributed by atoms with Crippen LogP contribution in [0.15, 0.2) is 67.1 Å². The molecule has 0 bridgehead atoms. The number of aromatic amines is 1. The van der Waals surface area contributed by atoms with Crippen molar-refractivity contribution in [3.63, 3.8) is 0 Å². The number of halogens is 1. The van der Waals surface area contributed by atoms with Crippen LogP contribution in [0.1, 0.15) is 21.6 Å². The summed E-state index contributed by atoms with van der Waals surface area (Å²) in [5.41, 5.74) is 2.11. The molecule has 0 aliphatic heterocycles. The Balaban J connectivity index is 1.63. The number of urea groups is 1. The zero-order valence-electron chi connectivity index (χ0n) is 18.6. The summed E-state index contributed by atoms with van der Waals surface area (Å²) in [7, 11) is 0. The highest BCUT2D eigenvalue weighted by molar-refractivity contribution is 6.34. The van der Waals surface area contributed by atoms with E-state index in [1.165, 1.54) is 12.5 Å². The summed E-state index contributed by atoms with van der Waals surface area (Å²) in [6, 6.07) is 14.0. The monoisotopic (exact) mass is 491 g/mol. The maximum atomic E-state index is 13.2.